The summed E-state index contributed by atoms with van der Waals surface area (Å²) in [6.45, 7) is 0. The quantitative estimate of drug-likeness (QED) is 0.402. The van der Waals surface area contributed by atoms with Crippen molar-refractivity contribution in [3.63, 3.8) is 0 Å². The van der Waals surface area contributed by atoms with E-state index in [-0.39, 0.29) is 5.91 Å². The number of esters is 1. The SMILES string of the molecule is O=C(/C=C/c1ccccc1F)Oc1ccc(NC(=O)c2cccs2)cc1. The van der Waals surface area contributed by atoms with Crippen LogP contribution in [0, 0.1) is 5.82 Å². The summed E-state index contributed by atoms with van der Waals surface area (Å²) in [7, 11) is 0. The maximum Gasteiger partial charge on any atom is 0.336 e. The molecule has 130 valence electrons. The minimum absolute atomic E-state index is 0.197. The van der Waals surface area contributed by atoms with E-state index < -0.39 is 11.8 Å². The molecular formula is C20H14FNO3S. The van der Waals surface area contributed by atoms with Crippen LogP contribution in [-0.4, -0.2) is 11.9 Å². The molecule has 1 N–H and O–H groups in total. The number of thiophene rings is 1. The molecule has 4 nitrogen and oxygen atoms in total. The van der Waals surface area contributed by atoms with E-state index in [9.17, 15) is 14.0 Å². The third-order valence-electron chi connectivity index (χ3n) is 3.38. The van der Waals surface area contributed by atoms with Crippen molar-refractivity contribution in [2.75, 3.05) is 5.32 Å². The van der Waals surface area contributed by atoms with Crippen LogP contribution >= 0.6 is 11.3 Å². The fourth-order valence-corrected chi connectivity index (χ4v) is 2.74. The van der Waals surface area contributed by atoms with Crippen molar-refractivity contribution in [1.29, 1.82) is 0 Å². The molecular weight excluding hydrogens is 353 g/mol. The lowest BCUT2D eigenvalue weighted by molar-refractivity contribution is -0.128. The highest BCUT2D eigenvalue weighted by atomic mass is 32.1. The van der Waals surface area contributed by atoms with Crippen molar-refractivity contribution < 1.29 is 18.7 Å². The molecule has 0 saturated carbocycles. The van der Waals surface area contributed by atoms with Crippen LogP contribution in [0.15, 0.2) is 72.1 Å². The first-order valence-electron chi connectivity index (χ1n) is 7.71. The van der Waals surface area contributed by atoms with Crippen LogP contribution in [-0.2, 0) is 4.79 Å². The molecule has 0 spiro atoms. The van der Waals surface area contributed by atoms with E-state index in [2.05, 4.69) is 5.32 Å². The Balaban J connectivity index is 1.58. The van der Waals surface area contributed by atoms with Crippen LogP contribution in [0.2, 0.25) is 0 Å². The molecule has 6 heteroatoms. The predicted molar refractivity (Wildman–Crippen MR) is 99.8 cm³/mol. The Hall–Kier alpha value is -3.25. The first-order chi connectivity index (χ1) is 12.6. The number of nitrogens with one attached hydrogen (secondary N) is 1. The molecule has 1 aromatic heterocycles. The van der Waals surface area contributed by atoms with Gasteiger partial charge in [-0.2, -0.15) is 0 Å². The maximum absolute atomic E-state index is 13.5. The zero-order valence-corrected chi connectivity index (χ0v) is 14.3. The number of hydrogen-bond donors (Lipinski definition) is 1. The van der Waals surface area contributed by atoms with Crippen molar-refractivity contribution in [3.8, 4) is 5.75 Å². The third-order valence-corrected chi connectivity index (χ3v) is 4.25. The highest BCUT2D eigenvalue weighted by molar-refractivity contribution is 7.12. The van der Waals surface area contributed by atoms with Gasteiger partial charge in [0.2, 0.25) is 0 Å². The molecule has 0 atom stereocenters. The van der Waals surface area contributed by atoms with Crippen molar-refractivity contribution in [2.45, 2.75) is 0 Å². The number of hydrogen-bond acceptors (Lipinski definition) is 4. The van der Waals surface area contributed by atoms with Gasteiger partial charge < -0.3 is 10.1 Å². The Kier molecular flexibility index (Phi) is 5.56. The Morgan fingerprint density at radius 1 is 1.00 bits per heavy atom. The number of ether oxygens (including phenoxy) is 1. The summed E-state index contributed by atoms with van der Waals surface area (Å²) in [4.78, 5) is 24.4. The van der Waals surface area contributed by atoms with Gasteiger partial charge in [0.1, 0.15) is 11.6 Å². The average molecular weight is 367 g/mol. The number of benzene rings is 2. The van der Waals surface area contributed by atoms with Crippen LogP contribution in [0.3, 0.4) is 0 Å². The molecule has 0 fully saturated rings. The maximum atomic E-state index is 13.5. The van der Waals surface area contributed by atoms with Gasteiger partial charge in [-0.25, -0.2) is 9.18 Å². The van der Waals surface area contributed by atoms with E-state index in [1.165, 1.54) is 23.5 Å². The van der Waals surface area contributed by atoms with Crippen molar-refractivity contribution >= 4 is 35.0 Å². The number of carbonyl (C=O) groups excluding carboxylic acids is 2. The normalized spacial score (nSPS) is 10.7. The smallest absolute Gasteiger partial charge is 0.336 e. The minimum Gasteiger partial charge on any atom is -0.423 e. The molecule has 1 amide bonds. The largest absolute Gasteiger partial charge is 0.423 e. The van der Waals surface area contributed by atoms with Gasteiger partial charge in [-0.05, 0) is 47.9 Å². The average Bonchev–Trinajstić information content (AvgIpc) is 3.17. The van der Waals surface area contributed by atoms with Gasteiger partial charge in [-0.15, -0.1) is 11.3 Å². The van der Waals surface area contributed by atoms with Gasteiger partial charge in [0.05, 0.1) is 4.88 Å². The molecule has 0 bridgehead atoms. The van der Waals surface area contributed by atoms with Gasteiger partial charge in [0.15, 0.2) is 0 Å². The molecule has 0 aliphatic carbocycles. The second-order valence-corrected chi connectivity index (χ2v) is 6.18. The molecule has 1 heterocycles. The first-order valence-corrected chi connectivity index (χ1v) is 8.59. The second-order valence-electron chi connectivity index (χ2n) is 5.23. The number of rotatable bonds is 5. The number of halogens is 1. The molecule has 0 saturated heterocycles. The van der Waals surface area contributed by atoms with E-state index in [0.29, 0.717) is 21.9 Å². The van der Waals surface area contributed by atoms with Crippen LogP contribution in [0.4, 0.5) is 10.1 Å². The summed E-state index contributed by atoms with van der Waals surface area (Å²) in [5.41, 5.74) is 0.890. The zero-order chi connectivity index (χ0) is 18.4. The predicted octanol–water partition coefficient (Wildman–Crippen LogP) is 4.76. The minimum atomic E-state index is -0.622. The Morgan fingerprint density at radius 2 is 1.77 bits per heavy atom. The molecule has 2 aromatic carbocycles. The highest BCUT2D eigenvalue weighted by Crippen LogP contribution is 2.18. The number of anilines is 1. The Morgan fingerprint density at radius 3 is 2.46 bits per heavy atom. The fourth-order valence-electron chi connectivity index (χ4n) is 2.13. The highest BCUT2D eigenvalue weighted by Gasteiger charge is 2.07. The summed E-state index contributed by atoms with van der Waals surface area (Å²) in [6, 6.07) is 16.1. The summed E-state index contributed by atoms with van der Waals surface area (Å²) in [6.07, 6.45) is 2.51. The number of carbonyl (C=O) groups is 2. The monoisotopic (exact) mass is 367 g/mol. The molecule has 0 aliphatic heterocycles. The van der Waals surface area contributed by atoms with Gasteiger partial charge in [0, 0.05) is 17.3 Å². The van der Waals surface area contributed by atoms with Crippen LogP contribution in [0.25, 0.3) is 6.08 Å². The van der Waals surface area contributed by atoms with Crippen molar-refractivity contribution in [3.05, 3.63) is 88.4 Å². The molecule has 0 radical (unpaired) electrons. The lowest BCUT2D eigenvalue weighted by atomic mass is 10.2. The molecule has 3 aromatic rings. The summed E-state index contributed by atoms with van der Waals surface area (Å²) >= 11 is 1.35. The standard InChI is InChI=1S/C20H14FNO3S/c21-17-5-2-1-4-14(17)7-12-19(23)25-16-10-8-15(9-11-16)22-20(24)18-6-3-13-26-18/h1-13H,(H,22,24)/b12-7+. The Labute approximate surface area is 153 Å². The third kappa shape index (κ3) is 4.64. The van der Waals surface area contributed by atoms with Gasteiger partial charge in [-0.1, -0.05) is 24.3 Å². The summed E-state index contributed by atoms with van der Waals surface area (Å²) in [5, 5.41) is 4.58. The first kappa shape index (κ1) is 17.6. The Bertz CT molecular complexity index is 934. The summed E-state index contributed by atoms with van der Waals surface area (Å²) < 4.78 is 18.6. The van der Waals surface area contributed by atoms with Crippen LogP contribution in [0.5, 0.6) is 5.75 Å². The van der Waals surface area contributed by atoms with Crippen LogP contribution in [0.1, 0.15) is 15.2 Å². The topological polar surface area (TPSA) is 55.4 Å². The van der Waals surface area contributed by atoms with Gasteiger partial charge >= 0.3 is 5.97 Å². The lowest BCUT2D eigenvalue weighted by Crippen LogP contribution is -2.10. The van der Waals surface area contributed by atoms with E-state index in [1.54, 1.807) is 54.6 Å². The van der Waals surface area contributed by atoms with E-state index in [4.69, 9.17) is 4.74 Å². The fraction of sp³-hybridized carbons (Fsp3) is 0. The van der Waals surface area contributed by atoms with Gasteiger partial charge in [-0.3, -0.25) is 4.79 Å². The van der Waals surface area contributed by atoms with E-state index >= 15 is 0 Å². The van der Waals surface area contributed by atoms with Crippen molar-refractivity contribution in [2.24, 2.45) is 0 Å². The zero-order valence-electron chi connectivity index (χ0n) is 13.5. The molecule has 26 heavy (non-hydrogen) atoms. The van der Waals surface area contributed by atoms with Crippen LogP contribution < -0.4 is 10.1 Å². The lowest BCUT2D eigenvalue weighted by Gasteiger charge is -2.05. The van der Waals surface area contributed by atoms with Gasteiger partial charge in [0.25, 0.3) is 5.91 Å². The summed E-state index contributed by atoms with van der Waals surface area (Å²) in [5.74, 6) is -0.911. The van der Waals surface area contributed by atoms with E-state index in [0.717, 1.165) is 6.08 Å². The molecule has 3 rings (SSSR count). The molecule has 0 unspecified atom stereocenters. The van der Waals surface area contributed by atoms with E-state index in [1.807, 2.05) is 5.38 Å². The second kappa shape index (κ2) is 8.22. The van der Waals surface area contributed by atoms with Crippen molar-refractivity contribution in [1.82, 2.24) is 0 Å². The molecule has 0 aliphatic rings. The number of amides is 1.